The molecule has 0 saturated heterocycles. The Labute approximate surface area is 157 Å². The van der Waals surface area contributed by atoms with Gasteiger partial charge in [0, 0.05) is 0 Å². The Kier molecular flexibility index (Phi) is 9.49. The Morgan fingerprint density at radius 1 is 1.31 bits per heavy atom. The van der Waals surface area contributed by atoms with E-state index in [9.17, 15) is 0 Å². The second-order valence-corrected chi connectivity index (χ2v) is 5.64. The van der Waals surface area contributed by atoms with Crippen LogP contribution in [0.5, 0.6) is 11.5 Å². The number of benzene rings is 1. The third-order valence-electron chi connectivity index (χ3n) is 3.50. The Balaban J connectivity index is 2.84. The second kappa shape index (κ2) is 11.7. The van der Waals surface area contributed by atoms with Gasteiger partial charge in [-0.15, -0.1) is 6.42 Å². The van der Waals surface area contributed by atoms with Gasteiger partial charge in [-0.25, -0.2) is 0 Å². The van der Waals surface area contributed by atoms with Crippen LogP contribution in [0, 0.1) is 12.3 Å². The number of rotatable bonds is 10. The zero-order valence-corrected chi connectivity index (χ0v) is 16.2. The smallest absolute Gasteiger partial charge is 0.161 e. The van der Waals surface area contributed by atoms with Crippen molar-refractivity contribution in [2.24, 2.45) is 0 Å². The van der Waals surface area contributed by atoms with Crippen molar-refractivity contribution in [3.8, 4) is 23.8 Å². The first-order valence-electron chi connectivity index (χ1n) is 8.64. The summed E-state index contributed by atoms with van der Waals surface area (Å²) in [6.07, 6.45) is 14.0. The molecule has 0 bridgehead atoms. The highest BCUT2D eigenvalue weighted by atomic mass is 16.5. The number of hydrogen-bond donors (Lipinski definition) is 0. The number of ether oxygens (including phenoxy) is 3. The van der Waals surface area contributed by atoms with E-state index >= 15 is 0 Å². The maximum absolute atomic E-state index is 5.67. The van der Waals surface area contributed by atoms with Crippen molar-refractivity contribution in [1.29, 1.82) is 0 Å². The lowest BCUT2D eigenvalue weighted by Crippen LogP contribution is -1.97. The molecule has 0 N–H and O–H groups in total. The molecule has 0 heterocycles. The topological polar surface area (TPSA) is 27.7 Å². The minimum atomic E-state index is 0.249. The van der Waals surface area contributed by atoms with E-state index in [1.54, 1.807) is 7.11 Å². The van der Waals surface area contributed by atoms with Gasteiger partial charge in [0.15, 0.2) is 11.5 Å². The highest BCUT2D eigenvalue weighted by Crippen LogP contribution is 2.29. The fourth-order valence-electron chi connectivity index (χ4n) is 2.26. The summed E-state index contributed by atoms with van der Waals surface area (Å²) < 4.78 is 16.6. The summed E-state index contributed by atoms with van der Waals surface area (Å²) in [5.41, 5.74) is 2.84. The molecule has 0 unspecified atom stereocenters. The molecule has 3 heteroatoms. The van der Waals surface area contributed by atoms with Crippen LogP contribution in [0.15, 0.2) is 59.9 Å². The van der Waals surface area contributed by atoms with Crippen molar-refractivity contribution in [3.63, 3.8) is 0 Å². The monoisotopic (exact) mass is 352 g/mol. The number of methoxy groups -OCH3 is 1. The minimum absolute atomic E-state index is 0.249. The molecule has 1 rings (SSSR count). The molecule has 0 saturated carbocycles. The van der Waals surface area contributed by atoms with Crippen LogP contribution in [-0.2, 0) is 4.74 Å². The van der Waals surface area contributed by atoms with E-state index in [2.05, 4.69) is 19.4 Å². The lowest BCUT2D eigenvalue weighted by molar-refractivity contribution is 0.262. The first kappa shape index (κ1) is 21.2. The predicted octanol–water partition coefficient (Wildman–Crippen LogP) is 5.55. The molecule has 0 aliphatic heterocycles. The second-order valence-electron chi connectivity index (χ2n) is 5.64. The van der Waals surface area contributed by atoms with Gasteiger partial charge in [-0.05, 0) is 61.3 Å². The van der Waals surface area contributed by atoms with Gasteiger partial charge in [0.2, 0.25) is 0 Å². The number of allylic oxidation sites excluding steroid dienone is 5. The van der Waals surface area contributed by atoms with Crippen LogP contribution in [0.2, 0.25) is 0 Å². The largest absolute Gasteiger partial charge is 0.493 e. The van der Waals surface area contributed by atoms with Gasteiger partial charge in [-0.1, -0.05) is 37.6 Å². The van der Waals surface area contributed by atoms with E-state index in [1.807, 2.05) is 56.4 Å². The van der Waals surface area contributed by atoms with Gasteiger partial charge < -0.3 is 14.2 Å². The van der Waals surface area contributed by atoms with Crippen molar-refractivity contribution < 1.29 is 14.2 Å². The minimum Gasteiger partial charge on any atom is -0.493 e. The van der Waals surface area contributed by atoms with E-state index in [-0.39, 0.29) is 6.61 Å². The van der Waals surface area contributed by atoms with Crippen molar-refractivity contribution in [2.75, 3.05) is 20.3 Å². The molecule has 0 aliphatic carbocycles. The Morgan fingerprint density at radius 3 is 2.69 bits per heavy atom. The molecule has 3 nitrogen and oxygen atoms in total. The first-order chi connectivity index (χ1) is 12.5. The molecule has 0 aromatic heterocycles. The molecule has 0 radical (unpaired) electrons. The van der Waals surface area contributed by atoms with E-state index in [0.29, 0.717) is 6.61 Å². The van der Waals surface area contributed by atoms with Crippen molar-refractivity contribution in [3.05, 3.63) is 65.5 Å². The molecule has 138 valence electrons. The van der Waals surface area contributed by atoms with Crippen LogP contribution in [0.3, 0.4) is 0 Å². The van der Waals surface area contributed by atoms with Gasteiger partial charge in [-0.3, -0.25) is 0 Å². The fourth-order valence-corrected chi connectivity index (χ4v) is 2.26. The molecule has 1 aromatic rings. The molecular weight excluding hydrogens is 324 g/mol. The van der Waals surface area contributed by atoms with Crippen LogP contribution in [0.25, 0.3) is 6.08 Å². The average Bonchev–Trinajstić information content (AvgIpc) is 2.65. The highest BCUT2D eigenvalue weighted by molar-refractivity contribution is 5.59. The summed E-state index contributed by atoms with van der Waals surface area (Å²) in [5.74, 6) is 4.70. The maximum Gasteiger partial charge on any atom is 0.161 e. The number of hydrogen-bond acceptors (Lipinski definition) is 3. The summed E-state index contributed by atoms with van der Waals surface area (Å²) in [7, 11) is 1.64. The van der Waals surface area contributed by atoms with E-state index < -0.39 is 0 Å². The molecule has 0 aliphatic rings. The molecule has 0 atom stereocenters. The zero-order valence-electron chi connectivity index (χ0n) is 16.2. The maximum atomic E-state index is 5.67. The average molecular weight is 352 g/mol. The Bertz CT molecular complexity index is 730. The van der Waals surface area contributed by atoms with Crippen molar-refractivity contribution in [2.45, 2.75) is 27.2 Å². The summed E-state index contributed by atoms with van der Waals surface area (Å²) in [4.78, 5) is 0. The van der Waals surface area contributed by atoms with E-state index in [1.165, 1.54) is 0 Å². The molecular formula is C23H28O3. The van der Waals surface area contributed by atoms with Gasteiger partial charge in [-0.2, -0.15) is 0 Å². The quantitative estimate of drug-likeness (QED) is 0.314. The van der Waals surface area contributed by atoms with Crippen LogP contribution >= 0.6 is 0 Å². The van der Waals surface area contributed by atoms with Gasteiger partial charge in [0.1, 0.15) is 12.4 Å². The molecule has 0 fully saturated rings. The van der Waals surface area contributed by atoms with E-state index in [0.717, 1.165) is 40.4 Å². The summed E-state index contributed by atoms with van der Waals surface area (Å²) in [6.45, 7) is 10.9. The zero-order chi connectivity index (χ0) is 19.4. The first-order valence-corrected chi connectivity index (χ1v) is 8.64. The van der Waals surface area contributed by atoms with Gasteiger partial charge >= 0.3 is 0 Å². The standard InChI is InChI=1S/C23H28O3/c1-7-14-25-21(9-3)19(5)16-18(4)10-11-20-12-13-22(26-15-8-2)23(17-20)24-6/h1,9-13,16-17H,4,8,14-15H2,2-3,5-6H3/b11-10-,19-16-,21-9+. The lowest BCUT2D eigenvalue weighted by atomic mass is 10.1. The van der Waals surface area contributed by atoms with Crippen LogP contribution < -0.4 is 9.47 Å². The van der Waals surface area contributed by atoms with Crippen LogP contribution in [0.4, 0.5) is 0 Å². The molecule has 26 heavy (non-hydrogen) atoms. The lowest BCUT2D eigenvalue weighted by Gasteiger charge is -2.10. The van der Waals surface area contributed by atoms with Crippen molar-refractivity contribution in [1.82, 2.24) is 0 Å². The Hall–Kier alpha value is -2.86. The Morgan fingerprint density at radius 2 is 2.08 bits per heavy atom. The number of terminal acetylenes is 1. The molecule has 0 spiro atoms. The predicted molar refractivity (Wildman–Crippen MR) is 109 cm³/mol. The molecule has 1 aromatic carbocycles. The highest BCUT2D eigenvalue weighted by Gasteiger charge is 2.04. The van der Waals surface area contributed by atoms with Gasteiger partial charge in [0.25, 0.3) is 0 Å². The van der Waals surface area contributed by atoms with E-state index in [4.69, 9.17) is 20.6 Å². The SMILES string of the molecule is C#CCOC(=C/C)/C(C)=C\C(=C)/C=C\c1ccc(OCCC)c(OC)c1. The third-order valence-corrected chi connectivity index (χ3v) is 3.50. The summed E-state index contributed by atoms with van der Waals surface area (Å²) >= 11 is 0. The van der Waals surface area contributed by atoms with Crippen LogP contribution in [0.1, 0.15) is 32.8 Å². The van der Waals surface area contributed by atoms with Gasteiger partial charge in [0.05, 0.1) is 13.7 Å². The van der Waals surface area contributed by atoms with Crippen LogP contribution in [-0.4, -0.2) is 20.3 Å². The third kappa shape index (κ3) is 6.94. The summed E-state index contributed by atoms with van der Waals surface area (Å²) in [6, 6.07) is 5.85. The normalized spacial score (nSPS) is 12.0. The van der Waals surface area contributed by atoms with Crippen molar-refractivity contribution >= 4 is 6.08 Å². The molecule has 0 amide bonds. The fraction of sp³-hybridized carbons (Fsp3) is 0.304. The summed E-state index contributed by atoms with van der Waals surface area (Å²) in [5, 5.41) is 0.